The van der Waals surface area contributed by atoms with Crippen LogP contribution in [0.15, 0.2) is 12.2 Å². The molecule has 0 aromatic carbocycles. The molecule has 1 fully saturated rings. The van der Waals surface area contributed by atoms with Gasteiger partial charge in [0, 0.05) is 6.42 Å². The van der Waals surface area contributed by atoms with E-state index in [9.17, 15) is 0 Å². The fourth-order valence-corrected chi connectivity index (χ4v) is 0.938. The van der Waals surface area contributed by atoms with E-state index in [1.807, 2.05) is 6.92 Å². The van der Waals surface area contributed by atoms with Crippen LogP contribution >= 0.6 is 0 Å². The summed E-state index contributed by atoms with van der Waals surface area (Å²) in [5, 5.41) is 0. The second kappa shape index (κ2) is 3.74. The van der Waals surface area contributed by atoms with Crippen LogP contribution in [-0.2, 0) is 9.47 Å². The SMILES string of the molecule is C=C(C)CCC1OCCO1. The average molecular weight is 142 g/mol. The number of rotatable bonds is 3. The zero-order valence-electron chi connectivity index (χ0n) is 6.43. The normalized spacial score (nSPS) is 19.7. The Morgan fingerprint density at radius 2 is 2.10 bits per heavy atom. The molecule has 0 bridgehead atoms. The van der Waals surface area contributed by atoms with E-state index in [4.69, 9.17) is 9.47 Å². The Labute approximate surface area is 61.8 Å². The minimum Gasteiger partial charge on any atom is -0.350 e. The molecule has 1 rings (SSSR count). The van der Waals surface area contributed by atoms with E-state index in [0.717, 1.165) is 26.1 Å². The zero-order chi connectivity index (χ0) is 7.40. The maximum absolute atomic E-state index is 5.24. The van der Waals surface area contributed by atoms with Crippen LogP contribution in [0.4, 0.5) is 0 Å². The summed E-state index contributed by atoms with van der Waals surface area (Å²) in [5.41, 5.74) is 1.19. The van der Waals surface area contributed by atoms with Gasteiger partial charge in [-0.1, -0.05) is 5.57 Å². The largest absolute Gasteiger partial charge is 0.350 e. The van der Waals surface area contributed by atoms with Crippen LogP contribution < -0.4 is 0 Å². The molecule has 0 radical (unpaired) electrons. The molecule has 0 aromatic heterocycles. The van der Waals surface area contributed by atoms with E-state index in [0.29, 0.717) is 0 Å². The number of hydrogen-bond acceptors (Lipinski definition) is 2. The topological polar surface area (TPSA) is 18.5 Å². The first-order chi connectivity index (χ1) is 4.79. The first-order valence-electron chi connectivity index (χ1n) is 3.66. The monoisotopic (exact) mass is 142 g/mol. The molecule has 1 aliphatic rings. The molecule has 10 heavy (non-hydrogen) atoms. The van der Waals surface area contributed by atoms with Gasteiger partial charge in [0.05, 0.1) is 13.2 Å². The third-order valence-corrected chi connectivity index (χ3v) is 1.50. The van der Waals surface area contributed by atoms with Crippen molar-refractivity contribution in [2.45, 2.75) is 26.1 Å². The van der Waals surface area contributed by atoms with Gasteiger partial charge in [-0.3, -0.25) is 0 Å². The second-order valence-corrected chi connectivity index (χ2v) is 2.67. The van der Waals surface area contributed by atoms with E-state index < -0.39 is 0 Å². The summed E-state index contributed by atoms with van der Waals surface area (Å²) in [6.45, 7) is 7.33. The summed E-state index contributed by atoms with van der Waals surface area (Å²) in [6.07, 6.45) is 2.00. The van der Waals surface area contributed by atoms with E-state index >= 15 is 0 Å². The molecule has 2 heteroatoms. The van der Waals surface area contributed by atoms with Gasteiger partial charge >= 0.3 is 0 Å². The Kier molecular flexibility index (Phi) is 2.90. The summed E-state index contributed by atoms with van der Waals surface area (Å²) < 4.78 is 10.5. The van der Waals surface area contributed by atoms with Gasteiger partial charge in [0.1, 0.15) is 0 Å². The van der Waals surface area contributed by atoms with Crippen LogP contribution in [0.25, 0.3) is 0 Å². The lowest BCUT2D eigenvalue weighted by atomic mass is 10.2. The van der Waals surface area contributed by atoms with Crippen LogP contribution in [-0.4, -0.2) is 19.5 Å². The first kappa shape index (κ1) is 7.76. The number of allylic oxidation sites excluding steroid dienone is 1. The van der Waals surface area contributed by atoms with Crippen LogP contribution in [0, 0.1) is 0 Å². The lowest BCUT2D eigenvalue weighted by Crippen LogP contribution is -2.06. The standard InChI is InChI=1S/C8H14O2/c1-7(2)3-4-8-9-5-6-10-8/h8H,1,3-6H2,2H3. The van der Waals surface area contributed by atoms with Gasteiger partial charge < -0.3 is 9.47 Å². The van der Waals surface area contributed by atoms with Crippen molar-refractivity contribution in [3.8, 4) is 0 Å². The molecule has 0 amide bonds. The minimum absolute atomic E-state index is 0.0386. The van der Waals surface area contributed by atoms with Gasteiger partial charge in [0.15, 0.2) is 6.29 Å². The van der Waals surface area contributed by atoms with Crippen molar-refractivity contribution in [1.82, 2.24) is 0 Å². The number of hydrogen-bond donors (Lipinski definition) is 0. The molecule has 1 saturated heterocycles. The summed E-state index contributed by atoms with van der Waals surface area (Å²) >= 11 is 0. The van der Waals surface area contributed by atoms with Crippen LogP contribution in [0.3, 0.4) is 0 Å². The highest BCUT2D eigenvalue weighted by molar-refractivity contribution is 4.87. The van der Waals surface area contributed by atoms with E-state index in [1.54, 1.807) is 0 Å². The highest BCUT2D eigenvalue weighted by Gasteiger charge is 2.14. The Balaban J connectivity index is 2.07. The fraction of sp³-hybridized carbons (Fsp3) is 0.750. The maximum Gasteiger partial charge on any atom is 0.158 e. The third-order valence-electron chi connectivity index (χ3n) is 1.50. The smallest absolute Gasteiger partial charge is 0.158 e. The molecule has 0 spiro atoms. The van der Waals surface area contributed by atoms with Gasteiger partial charge in [-0.25, -0.2) is 0 Å². The van der Waals surface area contributed by atoms with Crippen molar-refractivity contribution in [3.05, 3.63) is 12.2 Å². The molecule has 0 saturated carbocycles. The predicted octanol–water partition coefficient (Wildman–Crippen LogP) is 1.72. The van der Waals surface area contributed by atoms with Gasteiger partial charge in [-0.2, -0.15) is 0 Å². The highest BCUT2D eigenvalue weighted by atomic mass is 16.7. The van der Waals surface area contributed by atoms with Gasteiger partial charge in [-0.15, -0.1) is 6.58 Å². The highest BCUT2D eigenvalue weighted by Crippen LogP contribution is 2.12. The predicted molar refractivity (Wildman–Crippen MR) is 39.7 cm³/mol. The molecule has 58 valence electrons. The van der Waals surface area contributed by atoms with Crippen molar-refractivity contribution in [2.75, 3.05) is 13.2 Å². The lowest BCUT2D eigenvalue weighted by molar-refractivity contribution is -0.0461. The number of ether oxygens (including phenoxy) is 2. The Hall–Kier alpha value is -0.340. The molecule has 0 aromatic rings. The van der Waals surface area contributed by atoms with E-state index in [2.05, 4.69) is 6.58 Å². The molecule has 2 nitrogen and oxygen atoms in total. The molecule has 0 atom stereocenters. The van der Waals surface area contributed by atoms with Crippen molar-refractivity contribution >= 4 is 0 Å². The quantitative estimate of drug-likeness (QED) is 0.558. The molecule has 0 unspecified atom stereocenters. The van der Waals surface area contributed by atoms with Crippen LogP contribution in [0.5, 0.6) is 0 Å². The van der Waals surface area contributed by atoms with Crippen molar-refractivity contribution in [3.63, 3.8) is 0 Å². The Morgan fingerprint density at radius 3 is 2.60 bits per heavy atom. The molecule has 0 aliphatic carbocycles. The third kappa shape index (κ3) is 2.50. The van der Waals surface area contributed by atoms with Gasteiger partial charge in [0.2, 0.25) is 0 Å². The average Bonchev–Trinajstić information content (AvgIpc) is 2.34. The van der Waals surface area contributed by atoms with Crippen molar-refractivity contribution in [2.24, 2.45) is 0 Å². The summed E-state index contributed by atoms with van der Waals surface area (Å²) in [7, 11) is 0. The molecular formula is C8H14O2. The first-order valence-corrected chi connectivity index (χ1v) is 3.66. The Morgan fingerprint density at radius 1 is 1.50 bits per heavy atom. The molecule has 0 N–H and O–H groups in total. The minimum atomic E-state index is 0.0386. The fourth-order valence-electron chi connectivity index (χ4n) is 0.938. The second-order valence-electron chi connectivity index (χ2n) is 2.67. The summed E-state index contributed by atoms with van der Waals surface area (Å²) in [6, 6.07) is 0. The maximum atomic E-state index is 5.24. The van der Waals surface area contributed by atoms with E-state index in [-0.39, 0.29) is 6.29 Å². The molecule has 1 aliphatic heterocycles. The van der Waals surface area contributed by atoms with E-state index in [1.165, 1.54) is 5.57 Å². The molecule has 1 heterocycles. The van der Waals surface area contributed by atoms with Crippen LogP contribution in [0.1, 0.15) is 19.8 Å². The molecular weight excluding hydrogens is 128 g/mol. The van der Waals surface area contributed by atoms with Crippen molar-refractivity contribution < 1.29 is 9.47 Å². The summed E-state index contributed by atoms with van der Waals surface area (Å²) in [4.78, 5) is 0. The zero-order valence-corrected chi connectivity index (χ0v) is 6.43. The van der Waals surface area contributed by atoms with Crippen molar-refractivity contribution in [1.29, 1.82) is 0 Å². The summed E-state index contributed by atoms with van der Waals surface area (Å²) in [5.74, 6) is 0. The van der Waals surface area contributed by atoms with Crippen LogP contribution in [0.2, 0.25) is 0 Å². The van der Waals surface area contributed by atoms with Gasteiger partial charge in [-0.05, 0) is 13.3 Å². The lowest BCUT2D eigenvalue weighted by Gasteiger charge is -2.07. The Bertz CT molecular complexity index is 114. The van der Waals surface area contributed by atoms with Gasteiger partial charge in [0.25, 0.3) is 0 Å².